The predicted octanol–water partition coefficient (Wildman–Crippen LogP) is 3.33. The van der Waals surface area contributed by atoms with Crippen LogP contribution in [0.4, 0.5) is 0 Å². The highest BCUT2D eigenvalue weighted by atomic mass is 32.2. The zero-order chi connectivity index (χ0) is 23.0. The minimum absolute atomic E-state index is 0.0132. The van der Waals surface area contributed by atoms with Crippen molar-refractivity contribution in [3.05, 3.63) is 29.8 Å². The number of nitrogens with zero attached hydrogens (tertiary/aromatic N) is 3. The Morgan fingerprint density at radius 1 is 0.935 bits per heavy atom. The van der Waals surface area contributed by atoms with Gasteiger partial charge in [-0.3, -0.25) is 9.69 Å². The van der Waals surface area contributed by atoms with E-state index in [0.29, 0.717) is 36.5 Å². The average molecular weight is 450 g/mol. The van der Waals surface area contributed by atoms with Gasteiger partial charge in [0.2, 0.25) is 15.9 Å². The van der Waals surface area contributed by atoms with Gasteiger partial charge in [0, 0.05) is 39.3 Å². The summed E-state index contributed by atoms with van der Waals surface area (Å²) in [6.45, 7) is 16.4. The Kier molecular flexibility index (Phi) is 6.90. The van der Waals surface area contributed by atoms with Crippen molar-refractivity contribution in [2.45, 2.75) is 70.7 Å². The molecule has 0 spiro atoms. The summed E-state index contributed by atoms with van der Waals surface area (Å²) in [5.41, 5.74) is 1.41. The molecule has 0 N–H and O–H groups in total. The number of piperazine rings is 1. The molecule has 7 heteroatoms. The minimum Gasteiger partial charge on any atom is -0.341 e. The first-order valence-corrected chi connectivity index (χ1v) is 12.9. The second-order valence-corrected chi connectivity index (χ2v) is 12.8. The molecule has 2 aliphatic rings. The number of carbonyl (C=O) groups excluding carboxylic acids is 1. The number of amides is 1. The Hall–Kier alpha value is -1.44. The summed E-state index contributed by atoms with van der Waals surface area (Å²) in [6.07, 6.45) is 2.07. The normalized spacial score (nSPS) is 22.3. The van der Waals surface area contributed by atoms with Crippen molar-refractivity contribution >= 4 is 15.9 Å². The number of benzene rings is 1. The molecule has 3 rings (SSSR count). The molecule has 174 valence electrons. The lowest BCUT2D eigenvalue weighted by Crippen LogP contribution is -2.56. The predicted molar refractivity (Wildman–Crippen MR) is 125 cm³/mol. The summed E-state index contributed by atoms with van der Waals surface area (Å²) >= 11 is 0. The summed E-state index contributed by atoms with van der Waals surface area (Å²) in [5.74, 6) is 0.171. The number of rotatable bonds is 4. The second kappa shape index (κ2) is 8.83. The van der Waals surface area contributed by atoms with Crippen LogP contribution in [0.2, 0.25) is 0 Å². The molecule has 1 aromatic rings. The van der Waals surface area contributed by atoms with E-state index in [1.807, 2.05) is 24.0 Å². The molecule has 6 nitrogen and oxygen atoms in total. The molecule has 2 fully saturated rings. The fourth-order valence-corrected chi connectivity index (χ4v) is 5.78. The summed E-state index contributed by atoms with van der Waals surface area (Å²) < 4.78 is 27.7. The fourth-order valence-electron chi connectivity index (χ4n) is 4.36. The summed E-state index contributed by atoms with van der Waals surface area (Å²) in [6, 6.07) is 7.03. The summed E-state index contributed by atoms with van der Waals surface area (Å²) in [7, 11) is -3.52. The molecule has 1 atom stereocenters. The largest absolute Gasteiger partial charge is 0.341 e. The van der Waals surface area contributed by atoms with Gasteiger partial charge in [-0.25, -0.2) is 8.42 Å². The maximum Gasteiger partial charge on any atom is 0.243 e. The van der Waals surface area contributed by atoms with Gasteiger partial charge in [0.25, 0.3) is 0 Å². The van der Waals surface area contributed by atoms with Crippen LogP contribution in [-0.2, 0) is 20.2 Å². The highest BCUT2D eigenvalue weighted by Crippen LogP contribution is 2.30. The van der Waals surface area contributed by atoms with E-state index in [9.17, 15) is 13.2 Å². The van der Waals surface area contributed by atoms with Crippen LogP contribution in [0.3, 0.4) is 0 Å². The molecule has 2 aliphatic heterocycles. The highest BCUT2D eigenvalue weighted by Gasteiger charge is 2.35. The third kappa shape index (κ3) is 5.49. The standard InChI is InChI=1S/C24H39N3O3S/c1-19(22(28)26-13-11-24(5,6)12-14-26)25-15-17-27(18-16-25)31(29,30)21-9-7-20(8-10-21)23(2,3)4/h7-10,19H,11-18H2,1-6H3. The van der Waals surface area contributed by atoms with Crippen LogP contribution in [0.5, 0.6) is 0 Å². The molecule has 2 heterocycles. The fraction of sp³-hybridized carbons (Fsp3) is 0.708. The van der Waals surface area contributed by atoms with Crippen molar-refractivity contribution in [1.82, 2.24) is 14.1 Å². The molecule has 0 aliphatic carbocycles. The van der Waals surface area contributed by atoms with Crippen LogP contribution >= 0.6 is 0 Å². The van der Waals surface area contributed by atoms with Gasteiger partial charge < -0.3 is 4.90 Å². The molecule has 1 amide bonds. The zero-order valence-corrected chi connectivity index (χ0v) is 20.8. The molecular formula is C24H39N3O3S. The van der Waals surface area contributed by atoms with Gasteiger partial charge in [0.1, 0.15) is 0 Å². The van der Waals surface area contributed by atoms with Crippen LogP contribution in [0, 0.1) is 5.41 Å². The highest BCUT2D eigenvalue weighted by molar-refractivity contribution is 7.89. The van der Waals surface area contributed by atoms with E-state index in [1.165, 1.54) is 0 Å². The first-order chi connectivity index (χ1) is 14.3. The topological polar surface area (TPSA) is 60.9 Å². The van der Waals surface area contributed by atoms with E-state index in [0.717, 1.165) is 31.5 Å². The van der Waals surface area contributed by atoms with Crippen molar-refractivity contribution < 1.29 is 13.2 Å². The van der Waals surface area contributed by atoms with E-state index < -0.39 is 10.0 Å². The zero-order valence-electron chi connectivity index (χ0n) is 20.0. The van der Waals surface area contributed by atoms with E-state index in [-0.39, 0.29) is 17.4 Å². The lowest BCUT2D eigenvalue weighted by molar-refractivity contribution is -0.139. The number of carbonyl (C=O) groups is 1. The van der Waals surface area contributed by atoms with Crippen LogP contribution in [0.15, 0.2) is 29.2 Å². The Morgan fingerprint density at radius 3 is 1.94 bits per heavy atom. The molecular weight excluding hydrogens is 410 g/mol. The van der Waals surface area contributed by atoms with Crippen molar-refractivity contribution in [2.24, 2.45) is 5.41 Å². The van der Waals surface area contributed by atoms with E-state index in [4.69, 9.17) is 0 Å². The first kappa shape index (κ1) is 24.2. The quantitative estimate of drug-likeness (QED) is 0.707. The average Bonchev–Trinajstić information content (AvgIpc) is 2.72. The van der Waals surface area contributed by atoms with Crippen molar-refractivity contribution in [3.63, 3.8) is 0 Å². The number of hydrogen-bond donors (Lipinski definition) is 0. The lowest BCUT2D eigenvalue weighted by atomic mass is 9.82. The third-order valence-electron chi connectivity index (χ3n) is 6.97. The lowest BCUT2D eigenvalue weighted by Gasteiger charge is -2.41. The third-order valence-corrected chi connectivity index (χ3v) is 8.88. The van der Waals surface area contributed by atoms with Gasteiger partial charge in [-0.2, -0.15) is 4.31 Å². The van der Waals surface area contributed by atoms with Crippen LogP contribution in [0.1, 0.15) is 59.9 Å². The molecule has 0 saturated carbocycles. The van der Waals surface area contributed by atoms with Gasteiger partial charge in [-0.05, 0) is 48.3 Å². The van der Waals surface area contributed by atoms with Crippen LogP contribution in [0.25, 0.3) is 0 Å². The van der Waals surface area contributed by atoms with Gasteiger partial charge in [0.15, 0.2) is 0 Å². The number of likely N-dealkylation sites (tertiary alicyclic amines) is 1. The Labute approximate surface area is 188 Å². The van der Waals surface area contributed by atoms with Gasteiger partial charge in [0.05, 0.1) is 10.9 Å². The summed E-state index contributed by atoms with van der Waals surface area (Å²) in [4.78, 5) is 17.4. The van der Waals surface area contributed by atoms with Gasteiger partial charge in [-0.15, -0.1) is 0 Å². The van der Waals surface area contributed by atoms with Crippen LogP contribution < -0.4 is 0 Å². The maximum atomic E-state index is 13.1. The smallest absolute Gasteiger partial charge is 0.243 e. The second-order valence-electron chi connectivity index (χ2n) is 10.9. The van der Waals surface area contributed by atoms with Crippen molar-refractivity contribution in [2.75, 3.05) is 39.3 Å². The van der Waals surface area contributed by atoms with E-state index in [1.54, 1.807) is 16.4 Å². The monoisotopic (exact) mass is 449 g/mol. The molecule has 0 aromatic heterocycles. The number of hydrogen-bond acceptors (Lipinski definition) is 4. The van der Waals surface area contributed by atoms with E-state index in [2.05, 4.69) is 39.5 Å². The molecule has 2 saturated heterocycles. The van der Waals surface area contributed by atoms with Crippen molar-refractivity contribution in [3.8, 4) is 0 Å². The van der Waals surface area contributed by atoms with Crippen molar-refractivity contribution in [1.29, 1.82) is 0 Å². The maximum absolute atomic E-state index is 13.1. The first-order valence-electron chi connectivity index (χ1n) is 11.4. The molecule has 0 bridgehead atoms. The molecule has 1 unspecified atom stereocenters. The molecule has 1 aromatic carbocycles. The Bertz CT molecular complexity index is 870. The Morgan fingerprint density at radius 2 is 1.45 bits per heavy atom. The molecule has 31 heavy (non-hydrogen) atoms. The number of sulfonamides is 1. The summed E-state index contributed by atoms with van der Waals surface area (Å²) in [5, 5.41) is 0. The van der Waals surface area contributed by atoms with Gasteiger partial charge >= 0.3 is 0 Å². The minimum atomic E-state index is -3.52. The van der Waals surface area contributed by atoms with E-state index >= 15 is 0 Å². The van der Waals surface area contributed by atoms with Crippen LogP contribution in [-0.4, -0.2) is 73.7 Å². The van der Waals surface area contributed by atoms with Gasteiger partial charge in [-0.1, -0.05) is 46.8 Å². The SMILES string of the molecule is CC(C(=O)N1CCC(C)(C)CC1)N1CCN(S(=O)(=O)c2ccc(C(C)(C)C)cc2)CC1. The number of piperidine rings is 1. The molecule has 0 radical (unpaired) electrons. The Balaban J connectivity index is 1.59.